The zero-order valence-electron chi connectivity index (χ0n) is 14.0. The summed E-state index contributed by atoms with van der Waals surface area (Å²) < 4.78 is 0. The van der Waals surface area contributed by atoms with Crippen molar-refractivity contribution in [3.63, 3.8) is 0 Å². The summed E-state index contributed by atoms with van der Waals surface area (Å²) in [5.74, 6) is 0.765. The van der Waals surface area contributed by atoms with Crippen LogP contribution in [0.15, 0.2) is 35.4 Å². The minimum absolute atomic E-state index is 0.0465. The van der Waals surface area contributed by atoms with Crippen molar-refractivity contribution in [3.05, 3.63) is 52.6 Å². The Morgan fingerprint density at radius 1 is 1.16 bits per heavy atom. The van der Waals surface area contributed by atoms with Crippen molar-refractivity contribution in [1.82, 2.24) is 5.43 Å². The summed E-state index contributed by atoms with van der Waals surface area (Å²) in [5, 5.41) is 32.3. The number of nitrogens with one attached hydrogen (secondary N) is 1. The first kappa shape index (κ1) is 18.7. The van der Waals surface area contributed by atoms with Crippen LogP contribution in [0.5, 0.6) is 17.2 Å². The standard InChI is InChI=1S/C18H20N2O4S/c1-11-5-13(6-12(2)18(11)24)9-25-10-17(23)20-19-8-14-3-4-15(21)7-16(14)22/h3-8,21-22,24H,9-10H2,1-2H3,(H,20,23)/b19-8-. The van der Waals surface area contributed by atoms with E-state index in [-0.39, 0.29) is 23.2 Å². The molecule has 2 aromatic rings. The molecule has 2 aromatic carbocycles. The molecule has 0 aliphatic carbocycles. The minimum Gasteiger partial charge on any atom is -0.508 e. The van der Waals surface area contributed by atoms with Gasteiger partial charge in [0.25, 0.3) is 0 Å². The lowest BCUT2D eigenvalue weighted by atomic mass is 10.1. The van der Waals surface area contributed by atoms with Gasteiger partial charge < -0.3 is 15.3 Å². The van der Waals surface area contributed by atoms with Gasteiger partial charge in [-0.1, -0.05) is 12.1 Å². The zero-order valence-corrected chi connectivity index (χ0v) is 14.8. The SMILES string of the molecule is Cc1cc(CSCC(=O)N/N=C\c2ccc(O)cc2O)cc(C)c1O. The van der Waals surface area contributed by atoms with Crippen LogP contribution >= 0.6 is 11.8 Å². The van der Waals surface area contributed by atoms with Crippen LogP contribution in [0.3, 0.4) is 0 Å². The van der Waals surface area contributed by atoms with Crippen molar-refractivity contribution < 1.29 is 20.1 Å². The number of amides is 1. The normalized spacial score (nSPS) is 11.0. The first-order chi connectivity index (χ1) is 11.9. The molecule has 0 unspecified atom stereocenters. The average Bonchev–Trinajstić information content (AvgIpc) is 2.54. The molecule has 0 bridgehead atoms. The fourth-order valence-electron chi connectivity index (χ4n) is 2.24. The largest absolute Gasteiger partial charge is 0.508 e. The van der Waals surface area contributed by atoms with Crippen LogP contribution < -0.4 is 5.43 Å². The Morgan fingerprint density at radius 3 is 2.48 bits per heavy atom. The number of thioether (sulfide) groups is 1. The molecule has 132 valence electrons. The second-order valence-corrected chi connectivity index (χ2v) is 6.59. The zero-order chi connectivity index (χ0) is 18.4. The Balaban J connectivity index is 1.80. The Hall–Kier alpha value is -2.67. The third kappa shape index (κ3) is 5.42. The van der Waals surface area contributed by atoms with E-state index in [0.717, 1.165) is 16.7 Å². The number of phenols is 3. The molecule has 0 fully saturated rings. The van der Waals surface area contributed by atoms with Gasteiger partial charge in [0, 0.05) is 17.4 Å². The van der Waals surface area contributed by atoms with Gasteiger partial charge in [-0.05, 0) is 42.7 Å². The highest BCUT2D eigenvalue weighted by molar-refractivity contribution is 7.99. The van der Waals surface area contributed by atoms with E-state index in [4.69, 9.17) is 0 Å². The molecular formula is C18H20N2O4S. The van der Waals surface area contributed by atoms with Gasteiger partial charge in [-0.25, -0.2) is 5.43 Å². The molecular weight excluding hydrogens is 340 g/mol. The number of rotatable bonds is 6. The van der Waals surface area contributed by atoms with E-state index in [2.05, 4.69) is 10.5 Å². The maximum Gasteiger partial charge on any atom is 0.250 e. The molecule has 2 rings (SSSR count). The number of phenolic OH excluding ortho intramolecular Hbond substituents is 3. The molecule has 0 heterocycles. The number of hydrogen-bond donors (Lipinski definition) is 4. The third-order valence-electron chi connectivity index (χ3n) is 3.46. The lowest BCUT2D eigenvalue weighted by Gasteiger charge is -2.07. The van der Waals surface area contributed by atoms with E-state index >= 15 is 0 Å². The number of benzene rings is 2. The quantitative estimate of drug-likeness (QED) is 0.469. The smallest absolute Gasteiger partial charge is 0.250 e. The number of nitrogens with zero attached hydrogens (tertiary/aromatic N) is 1. The van der Waals surface area contributed by atoms with Crippen LogP contribution in [-0.4, -0.2) is 33.2 Å². The summed E-state index contributed by atoms with van der Waals surface area (Å²) in [6.45, 7) is 3.69. The van der Waals surface area contributed by atoms with Crippen molar-refractivity contribution in [3.8, 4) is 17.2 Å². The fraction of sp³-hybridized carbons (Fsp3) is 0.222. The van der Waals surface area contributed by atoms with Crippen LogP contribution in [-0.2, 0) is 10.5 Å². The third-order valence-corrected chi connectivity index (χ3v) is 4.46. The van der Waals surface area contributed by atoms with Crippen molar-refractivity contribution >= 4 is 23.9 Å². The van der Waals surface area contributed by atoms with E-state index in [1.165, 1.54) is 36.2 Å². The van der Waals surface area contributed by atoms with Gasteiger partial charge in [0.2, 0.25) is 5.91 Å². The van der Waals surface area contributed by atoms with Gasteiger partial charge in [-0.15, -0.1) is 11.8 Å². The molecule has 0 aliphatic rings. The molecule has 0 aliphatic heterocycles. The van der Waals surface area contributed by atoms with Gasteiger partial charge in [0.05, 0.1) is 12.0 Å². The average molecular weight is 360 g/mol. The van der Waals surface area contributed by atoms with Crippen LogP contribution in [0, 0.1) is 13.8 Å². The Morgan fingerprint density at radius 2 is 1.84 bits per heavy atom. The number of carbonyl (C=O) groups excluding carboxylic acids is 1. The fourth-order valence-corrected chi connectivity index (χ4v) is 2.99. The topological polar surface area (TPSA) is 102 Å². The van der Waals surface area contributed by atoms with Gasteiger partial charge in [-0.3, -0.25) is 4.79 Å². The molecule has 0 radical (unpaired) electrons. The number of aromatic hydroxyl groups is 3. The lowest BCUT2D eigenvalue weighted by Crippen LogP contribution is -2.19. The minimum atomic E-state index is -0.258. The first-order valence-corrected chi connectivity index (χ1v) is 8.73. The molecule has 4 N–H and O–H groups in total. The first-order valence-electron chi connectivity index (χ1n) is 7.57. The van der Waals surface area contributed by atoms with Crippen LogP contribution in [0.1, 0.15) is 22.3 Å². The van der Waals surface area contributed by atoms with Gasteiger partial charge in [0.15, 0.2) is 0 Å². The number of hydrogen-bond acceptors (Lipinski definition) is 6. The Labute approximate surface area is 150 Å². The van der Waals surface area contributed by atoms with E-state index in [1.54, 1.807) is 0 Å². The van der Waals surface area contributed by atoms with Crippen LogP contribution in [0.4, 0.5) is 0 Å². The highest BCUT2D eigenvalue weighted by Gasteiger charge is 2.05. The highest BCUT2D eigenvalue weighted by Crippen LogP contribution is 2.25. The number of hydrazone groups is 1. The predicted octanol–water partition coefficient (Wildman–Crippen LogP) is 2.80. The van der Waals surface area contributed by atoms with Gasteiger partial charge in [-0.2, -0.15) is 5.10 Å². The molecule has 0 saturated heterocycles. The van der Waals surface area contributed by atoms with Crippen molar-refractivity contribution in [2.75, 3.05) is 5.75 Å². The van der Waals surface area contributed by atoms with Crippen molar-refractivity contribution in [1.29, 1.82) is 0 Å². The summed E-state index contributed by atoms with van der Waals surface area (Å²) in [7, 11) is 0. The van der Waals surface area contributed by atoms with Crippen molar-refractivity contribution in [2.45, 2.75) is 19.6 Å². The van der Waals surface area contributed by atoms with Gasteiger partial charge in [0.1, 0.15) is 17.2 Å². The molecule has 0 saturated carbocycles. The molecule has 0 aromatic heterocycles. The summed E-state index contributed by atoms with van der Waals surface area (Å²) in [6.07, 6.45) is 1.31. The molecule has 0 spiro atoms. The van der Waals surface area contributed by atoms with E-state index in [0.29, 0.717) is 17.1 Å². The molecule has 0 atom stereocenters. The summed E-state index contributed by atoms with van der Waals surface area (Å²) in [6, 6.07) is 7.91. The van der Waals surface area contributed by atoms with Crippen molar-refractivity contribution in [2.24, 2.45) is 5.10 Å². The molecule has 7 heteroatoms. The second-order valence-electron chi connectivity index (χ2n) is 5.61. The molecule has 25 heavy (non-hydrogen) atoms. The summed E-state index contributed by atoms with van der Waals surface area (Å²) in [5.41, 5.74) is 5.46. The highest BCUT2D eigenvalue weighted by atomic mass is 32.2. The van der Waals surface area contributed by atoms with Gasteiger partial charge >= 0.3 is 0 Å². The predicted molar refractivity (Wildman–Crippen MR) is 99.3 cm³/mol. The molecule has 1 amide bonds. The van der Waals surface area contributed by atoms with E-state index < -0.39 is 0 Å². The lowest BCUT2D eigenvalue weighted by molar-refractivity contribution is -0.118. The Bertz CT molecular complexity index is 783. The maximum atomic E-state index is 11.8. The summed E-state index contributed by atoms with van der Waals surface area (Å²) >= 11 is 1.44. The number of aryl methyl sites for hydroxylation is 2. The van der Waals surface area contributed by atoms with E-state index in [9.17, 15) is 20.1 Å². The second kappa shape index (κ2) is 8.43. The number of carbonyl (C=O) groups is 1. The van der Waals surface area contributed by atoms with E-state index in [1.807, 2.05) is 26.0 Å². The van der Waals surface area contributed by atoms with Crippen LogP contribution in [0.25, 0.3) is 0 Å². The molecule has 6 nitrogen and oxygen atoms in total. The van der Waals surface area contributed by atoms with Crippen LogP contribution in [0.2, 0.25) is 0 Å². The summed E-state index contributed by atoms with van der Waals surface area (Å²) in [4.78, 5) is 11.8. The maximum absolute atomic E-state index is 11.8. The monoisotopic (exact) mass is 360 g/mol. The Kier molecular flexibility index (Phi) is 6.30.